The van der Waals surface area contributed by atoms with Crippen molar-refractivity contribution in [3.8, 4) is 0 Å². The molecule has 0 bridgehead atoms. The quantitative estimate of drug-likeness (QED) is 0.615. The molecular formula is C10H12N2. The molecule has 2 heteroatoms. The lowest BCUT2D eigenvalue weighted by Crippen LogP contribution is -2.00. The minimum Gasteiger partial charge on any atom is -0.238 e. The molecule has 1 aromatic heterocycles. The lowest BCUT2D eigenvalue weighted by Gasteiger charge is -1.75. The molecule has 62 valence electrons. The zero-order chi connectivity index (χ0) is 8.81. The number of aromatic nitrogens is 1. The fourth-order valence-electron chi connectivity index (χ4n) is 0.767. The first-order valence-corrected chi connectivity index (χ1v) is 3.91. The molecule has 0 aliphatic heterocycles. The third-order valence-corrected chi connectivity index (χ3v) is 1.36. The molecule has 0 fully saturated rings. The Bertz CT molecular complexity index is 340. The van der Waals surface area contributed by atoms with Gasteiger partial charge in [-0.1, -0.05) is 18.2 Å². The van der Waals surface area contributed by atoms with E-state index in [9.17, 15) is 0 Å². The first-order chi connectivity index (χ1) is 5.83. The van der Waals surface area contributed by atoms with Gasteiger partial charge in [0, 0.05) is 12.4 Å². The van der Waals surface area contributed by atoms with Crippen LogP contribution in [-0.2, 0) is 0 Å². The van der Waals surface area contributed by atoms with E-state index in [-0.39, 0.29) is 0 Å². The van der Waals surface area contributed by atoms with E-state index in [1.54, 1.807) is 6.20 Å². The number of aryl methyl sites for hydroxylation is 1. The third kappa shape index (κ3) is 2.66. The maximum absolute atomic E-state index is 4.16. The summed E-state index contributed by atoms with van der Waals surface area (Å²) in [6.45, 7) is 3.93. The number of nitrogens with zero attached hydrogens (tertiary/aromatic N) is 2. The lowest BCUT2D eigenvalue weighted by molar-refractivity contribution is 1.15. The zero-order valence-corrected chi connectivity index (χ0v) is 7.36. The highest BCUT2D eigenvalue weighted by atomic mass is 14.8. The second kappa shape index (κ2) is 4.44. The second-order valence-corrected chi connectivity index (χ2v) is 2.50. The van der Waals surface area contributed by atoms with Crippen LogP contribution >= 0.6 is 0 Å². The highest BCUT2D eigenvalue weighted by Crippen LogP contribution is 1.86. The molecule has 0 aliphatic carbocycles. The van der Waals surface area contributed by atoms with Crippen LogP contribution in [0.4, 0.5) is 0 Å². The summed E-state index contributed by atoms with van der Waals surface area (Å²) >= 11 is 0. The first-order valence-electron chi connectivity index (χ1n) is 3.91. The Morgan fingerprint density at radius 3 is 3.00 bits per heavy atom. The fourth-order valence-corrected chi connectivity index (χ4v) is 0.767. The predicted octanol–water partition coefficient (Wildman–Crippen LogP) is 1.82. The Morgan fingerprint density at radius 1 is 1.42 bits per heavy atom. The molecule has 0 N–H and O–H groups in total. The van der Waals surface area contributed by atoms with Crippen molar-refractivity contribution in [3.63, 3.8) is 0 Å². The summed E-state index contributed by atoms with van der Waals surface area (Å²) in [6.07, 6.45) is 5.42. The topological polar surface area (TPSA) is 25.2 Å². The molecule has 0 saturated heterocycles. The summed E-state index contributed by atoms with van der Waals surface area (Å²) in [5, 5.41) is 0. The van der Waals surface area contributed by atoms with Crippen LogP contribution in [0.15, 0.2) is 41.7 Å². The molecule has 0 spiro atoms. The van der Waals surface area contributed by atoms with Gasteiger partial charge in [-0.2, -0.15) is 0 Å². The minimum atomic E-state index is 0.737. The molecule has 12 heavy (non-hydrogen) atoms. The van der Waals surface area contributed by atoms with Crippen molar-refractivity contribution in [2.75, 3.05) is 0 Å². The van der Waals surface area contributed by atoms with Crippen LogP contribution in [0.2, 0.25) is 0 Å². The molecule has 1 heterocycles. The van der Waals surface area contributed by atoms with E-state index in [1.807, 2.05) is 44.3 Å². The monoisotopic (exact) mass is 160 g/mol. The number of rotatable bonds is 1. The van der Waals surface area contributed by atoms with Crippen LogP contribution < -0.4 is 5.49 Å². The maximum atomic E-state index is 4.16. The zero-order valence-electron chi connectivity index (χ0n) is 7.36. The summed E-state index contributed by atoms with van der Waals surface area (Å²) in [4.78, 5) is 8.27. The molecule has 1 aromatic rings. The van der Waals surface area contributed by atoms with Gasteiger partial charge in [-0.3, -0.25) is 0 Å². The van der Waals surface area contributed by atoms with E-state index in [0.29, 0.717) is 0 Å². The molecule has 2 nitrogen and oxygen atoms in total. The maximum Gasteiger partial charge on any atom is 0.151 e. The Balaban J connectivity index is 3.13. The van der Waals surface area contributed by atoms with Crippen molar-refractivity contribution >= 4 is 0 Å². The molecule has 0 aromatic carbocycles. The average Bonchev–Trinajstić information content (AvgIpc) is 2.27. The van der Waals surface area contributed by atoms with E-state index < -0.39 is 0 Å². The van der Waals surface area contributed by atoms with Crippen molar-refractivity contribution in [1.29, 1.82) is 0 Å². The second-order valence-electron chi connectivity index (χ2n) is 2.50. The molecule has 0 unspecified atom stereocenters. The van der Waals surface area contributed by atoms with Crippen LogP contribution in [0.1, 0.15) is 12.5 Å². The van der Waals surface area contributed by atoms with Crippen molar-refractivity contribution in [2.24, 2.45) is 4.99 Å². The molecule has 0 aliphatic rings. The predicted molar refractivity (Wildman–Crippen MR) is 49.4 cm³/mol. The summed E-state index contributed by atoms with van der Waals surface area (Å²) in [7, 11) is 0. The third-order valence-electron chi connectivity index (χ3n) is 1.36. The van der Waals surface area contributed by atoms with E-state index in [1.165, 1.54) is 0 Å². The molecule has 0 amide bonds. The smallest absolute Gasteiger partial charge is 0.151 e. The highest BCUT2D eigenvalue weighted by molar-refractivity contribution is 5.05. The lowest BCUT2D eigenvalue weighted by atomic mass is 10.4. The van der Waals surface area contributed by atoms with E-state index >= 15 is 0 Å². The minimum absolute atomic E-state index is 0.737. The van der Waals surface area contributed by atoms with Gasteiger partial charge in [-0.15, -0.1) is 0 Å². The highest BCUT2D eigenvalue weighted by Gasteiger charge is 1.78. The number of allylic oxidation sites excluding steroid dienone is 1. The number of hydrogen-bond acceptors (Lipinski definition) is 2. The first kappa shape index (κ1) is 8.65. The van der Waals surface area contributed by atoms with Gasteiger partial charge < -0.3 is 0 Å². The van der Waals surface area contributed by atoms with Gasteiger partial charge in [-0.05, 0) is 25.5 Å². The van der Waals surface area contributed by atoms with E-state index in [4.69, 9.17) is 0 Å². The standard InChI is InChI=1S/C10H12N2/c1-3-7-11-10-6-4-5-9(2)8-12-10/h3-8H,1-2H3/b7-3+,11-10?. The molecule has 0 saturated carbocycles. The molecule has 1 rings (SSSR count). The van der Waals surface area contributed by atoms with Gasteiger partial charge >= 0.3 is 0 Å². The van der Waals surface area contributed by atoms with Gasteiger partial charge in [0.05, 0.1) is 0 Å². The number of hydrogen-bond donors (Lipinski definition) is 0. The van der Waals surface area contributed by atoms with Crippen molar-refractivity contribution in [3.05, 3.63) is 47.7 Å². The van der Waals surface area contributed by atoms with Crippen molar-refractivity contribution in [1.82, 2.24) is 4.98 Å². The Hall–Kier alpha value is -1.44. The van der Waals surface area contributed by atoms with Crippen molar-refractivity contribution < 1.29 is 0 Å². The fraction of sp³-hybridized carbons (Fsp3) is 0.200. The van der Waals surface area contributed by atoms with Crippen LogP contribution in [0.3, 0.4) is 0 Å². The SMILES string of the molecule is C/C=C/N=c1cccc(C)cn1. The summed E-state index contributed by atoms with van der Waals surface area (Å²) in [6, 6.07) is 5.83. The Kier molecular flexibility index (Phi) is 3.20. The van der Waals surface area contributed by atoms with Crippen LogP contribution in [0.5, 0.6) is 0 Å². The summed E-state index contributed by atoms with van der Waals surface area (Å²) in [5.41, 5.74) is 1.87. The van der Waals surface area contributed by atoms with Gasteiger partial charge in [-0.25, -0.2) is 9.98 Å². The Morgan fingerprint density at radius 2 is 2.25 bits per heavy atom. The molecular weight excluding hydrogens is 148 g/mol. The Labute approximate surface area is 72.3 Å². The van der Waals surface area contributed by atoms with Gasteiger partial charge in [0.15, 0.2) is 5.49 Å². The van der Waals surface area contributed by atoms with Gasteiger partial charge in [0.25, 0.3) is 0 Å². The van der Waals surface area contributed by atoms with Crippen LogP contribution in [-0.4, -0.2) is 4.98 Å². The van der Waals surface area contributed by atoms with E-state index in [0.717, 1.165) is 11.1 Å². The van der Waals surface area contributed by atoms with Crippen LogP contribution in [0.25, 0.3) is 0 Å². The van der Waals surface area contributed by atoms with Gasteiger partial charge in [0.1, 0.15) is 0 Å². The summed E-state index contributed by atoms with van der Waals surface area (Å²) < 4.78 is 0. The largest absolute Gasteiger partial charge is 0.238 e. The van der Waals surface area contributed by atoms with Gasteiger partial charge in [0.2, 0.25) is 0 Å². The summed E-state index contributed by atoms with van der Waals surface area (Å²) in [5.74, 6) is 0. The normalized spacial score (nSPS) is 12.3. The average molecular weight is 160 g/mol. The molecule has 0 atom stereocenters. The molecule has 0 radical (unpaired) electrons. The van der Waals surface area contributed by atoms with E-state index in [2.05, 4.69) is 9.98 Å². The van der Waals surface area contributed by atoms with Crippen molar-refractivity contribution in [2.45, 2.75) is 13.8 Å². The van der Waals surface area contributed by atoms with Crippen LogP contribution in [0, 0.1) is 6.92 Å².